The van der Waals surface area contributed by atoms with Gasteiger partial charge in [0.2, 0.25) is 0 Å². The zero-order chi connectivity index (χ0) is 17.4. The Morgan fingerprint density at radius 1 is 1.08 bits per heavy atom. The van der Waals surface area contributed by atoms with Crippen molar-refractivity contribution in [1.29, 1.82) is 0 Å². The van der Waals surface area contributed by atoms with Gasteiger partial charge in [0.05, 0.1) is 12.1 Å². The first-order valence-electron chi connectivity index (χ1n) is 8.15. The molecule has 2 aromatic heterocycles. The summed E-state index contributed by atoms with van der Waals surface area (Å²) in [7, 11) is 0. The molecule has 2 heterocycles. The Hall–Kier alpha value is -3.14. The lowest BCUT2D eigenvalue weighted by molar-refractivity contribution is 0.0519. The summed E-state index contributed by atoms with van der Waals surface area (Å²) in [6.45, 7) is 2.07. The number of pyridine rings is 1. The molecule has 0 unspecified atom stereocenters. The van der Waals surface area contributed by atoms with E-state index in [1.54, 1.807) is 19.1 Å². The van der Waals surface area contributed by atoms with E-state index in [0.717, 1.165) is 27.4 Å². The van der Waals surface area contributed by atoms with Crippen molar-refractivity contribution in [2.75, 3.05) is 6.61 Å². The number of hydrogen-bond acceptors (Lipinski definition) is 2. The van der Waals surface area contributed by atoms with Crippen LogP contribution in [0, 0.1) is 5.82 Å². The number of rotatable bonds is 3. The first kappa shape index (κ1) is 15.4. The molecule has 0 radical (unpaired) electrons. The van der Waals surface area contributed by atoms with Crippen LogP contribution in [0.5, 0.6) is 0 Å². The van der Waals surface area contributed by atoms with Gasteiger partial charge < -0.3 is 9.14 Å². The van der Waals surface area contributed by atoms with Gasteiger partial charge in [-0.15, -0.1) is 0 Å². The molecule has 0 N–H and O–H groups in total. The Bertz CT molecular complexity index is 1080. The Morgan fingerprint density at radius 2 is 1.84 bits per heavy atom. The first-order chi connectivity index (χ1) is 12.2. The molecule has 124 valence electrons. The van der Waals surface area contributed by atoms with Crippen molar-refractivity contribution >= 4 is 22.3 Å². The maximum atomic E-state index is 13.3. The molecule has 0 aliphatic rings. The molecule has 0 bridgehead atoms. The van der Waals surface area contributed by atoms with Crippen LogP contribution < -0.4 is 0 Å². The summed E-state index contributed by atoms with van der Waals surface area (Å²) in [4.78, 5) is 12.6. The largest absolute Gasteiger partial charge is 0.461 e. The van der Waals surface area contributed by atoms with Gasteiger partial charge in [-0.05, 0) is 42.1 Å². The normalized spacial score (nSPS) is 11.1. The number of fused-ring (bicyclic) bond motifs is 3. The van der Waals surface area contributed by atoms with Crippen molar-refractivity contribution in [3.05, 3.63) is 78.4 Å². The summed E-state index contributed by atoms with van der Waals surface area (Å²) in [5, 5.41) is 2.14. The lowest BCUT2D eigenvalue weighted by Gasteiger charge is -2.07. The maximum absolute atomic E-state index is 13.3. The minimum atomic E-state index is -0.392. The number of hydrogen-bond donors (Lipinski definition) is 0. The monoisotopic (exact) mass is 333 g/mol. The Kier molecular flexibility index (Phi) is 3.73. The molecule has 0 amide bonds. The predicted octanol–water partition coefficient (Wildman–Crippen LogP) is 5.08. The number of nitrogens with zero attached hydrogens (tertiary/aromatic N) is 1. The standard InChI is InChI=1S/C21H16FNO2/c1-2-25-21(24)20-18(15-7-9-16(22)10-8-15)13-19-17-6-4-3-5-14(17)11-12-23(19)20/h3-13H,2H2,1H3. The van der Waals surface area contributed by atoms with Crippen molar-refractivity contribution in [2.45, 2.75) is 6.92 Å². The second kappa shape index (κ2) is 6.06. The van der Waals surface area contributed by atoms with Gasteiger partial charge in [-0.2, -0.15) is 0 Å². The van der Waals surface area contributed by atoms with Crippen LogP contribution in [0.15, 0.2) is 66.9 Å². The fourth-order valence-corrected chi connectivity index (χ4v) is 3.17. The first-order valence-corrected chi connectivity index (χ1v) is 8.15. The van der Waals surface area contributed by atoms with Gasteiger partial charge in [-0.25, -0.2) is 9.18 Å². The van der Waals surface area contributed by atoms with Crippen molar-refractivity contribution < 1.29 is 13.9 Å². The van der Waals surface area contributed by atoms with Gasteiger partial charge in [-0.1, -0.05) is 36.4 Å². The predicted molar refractivity (Wildman–Crippen MR) is 96.3 cm³/mol. The van der Waals surface area contributed by atoms with Crippen LogP contribution >= 0.6 is 0 Å². The molecule has 4 heteroatoms. The Balaban J connectivity index is 2.05. The van der Waals surface area contributed by atoms with E-state index in [9.17, 15) is 9.18 Å². The number of carbonyl (C=O) groups is 1. The van der Waals surface area contributed by atoms with Crippen LogP contribution in [0.4, 0.5) is 4.39 Å². The van der Waals surface area contributed by atoms with E-state index in [1.165, 1.54) is 12.1 Å². The third-order valence-electron chi connectivity index (χ3n) is 4.30. The molecular formula is C21H16FNO2. The average Bonchev–Trinajstić information content (AvgIpc) is 3.02. The van der Waals surface area contributed by atoms with E-state index < -0.39 is 5.97 Å². The molecule has 0 atom stereocenters. The second-order valence-electron chi connectivity index (χ2n) is 5.79. The molecule has 3 nitrogen and oxygen atoms in total. The van der Waals surface area contributed by atoms with Gasteiger partial charge in [0.1, 0.15) is 11.5 Å². The van der Waals surface area contributed by atoms with Gasteiger partial charge >= 0.3 is 5.97 Å². The highest BCUT2D eigenvalue weighted by atomic mass is 19.1. The van der Waals surface area contributed by atoms with E-state index >= 15 is 0 Å². The Morgan fingerprint density at radius 3 is 2.60 bits per heavy atom. The molecule has 0 spiro atoms. The highest BCUT2D eigenvalue weighted by Crippen LogP contribution is 2.32. The number of benzene rings is 2. The number of carbonyl (C=O) groups excluding carboxylic acids is 1. The van der Waals surface area contributed by atoms with Gasteiger partial charge in [-0.3, -0.25) is 0 Å². The SMILES string of the molecule is CCOC(=O)c1c(-c2ccc(F)cc2)cc2c3ccccc3ccn12. The smallest absolute Gasteiger partial charge is 0.355 e. The van der Waals surface area contributed by atoms with Crippen LogP contribution in [-0.4, -0.2) is 17.0 Å². The van der Waals surface area contributed by atoms with Gasteiger partial charge in [0, 0.05) is 17.1 Å². The zero-order valence-electron chi connectivity index (χ0n) is 13.7. The fourth-order valence-electron chi connectivity index (χ4n) is 3.17. The highest BCUT2D eigenvalue weighted by Gasteiger charge is 2.21. The van der Waals surface area contributed by atoms with Crippen molar-refractivity contribution in [3.8, 4) is 11.1 Å². The summed E-state index contributed by atoms with van der Waals surface area (Å²) in [6.07, 6.45) is 1.87. The summed E-state index contributed by atoms with van der Waals surface area (Å²) in [5.41, 5.74) is 2.88. The summed E-state index contributed by atoms with van der Waals surface area (Å²) < 4.78 is 20.4. The summed E-state index contributed by atoms with van der Waals surface area (Å²) in [5.74, 6) is -0.701. The summed E-state index contributed by atoms with van der Waals surface area (Å²) in [6, 6.07) is 18.1. The molecule has 0 aliphatic carbocycles. The maximum Gasteiger partial charge on any atom is 0.355 e. The fraction of sp³-hybridized carbons (Fsp3) is 0.0952. The molecular weight excluding hydrogens is 317 g/mol. The lowest BCUT2D eigenvalue weighted by atomic mass is 10.1. The van der Waals surface area contributed by atoms with E-state index in [-0.39, 0.29) is 5.82 Å². The molecule has 4 aromatic rings. The van der Waals surface area contributed by atoms with Crippen LogP contribution in [0.2, 0.25) is 0 Å². The number of ether oxygens (including phenoxy) is 1. The van der Waals surface area contributed by atoms with E-state index in [2.05, 4.69) is 0 Å². The third kappa shape index (κ3) is 2.56. The Labute approximate surface area is 144 Å². The highest BCUT2D eigenvalue weighted by molar-refractivity contribution is 6.04. The average molecular weight is 333 g/mol. The van der Waals surface area contributed by atoms with Crippen molar-refractivity contribution in [2.24, 2.45) is 0 Å². The summed E-state index contributed by atoms with van der Waals surface area (Å²) >= 11 is 0. The third-order valence-corrected chi connectivity index (χ3v) is 4.30. The lowest BCUT2D eigenvalue weighted by Crippen LogP contribution is -2.09. The van der Waals surface area contributed by atoms with Gasteiger partial charge in [0.25, 0.3) is 0 Å². The van der Waals surface area contributed by atoms with Crippen LogP contribution in [0.1, 0.15) is 17.4 Å². The van der Waals surface area contributed by atoms with Crippen LogP contribution in [-0.2, 0) is 4.74 Å². The molecule has 25 heavy (non-hydrogen) atoms. The number of halogens is 1. The number of aromatic nitrogens is 1. The molecule has 4 rings (SSSR count). The molecule has 0 saturated heterocycles. The van der Waals surface area contributed by atoms with Gasteiger partial charge in [0.15, 0.2) is 0 Å². The molecule has 0 saturated carbocycles. The van der Waals surface area contributed by atoms with Crippen molar-refractivity contribution in [1.82, 2.24) is 4.40 Å². The molecule has 0 aliphatic heterocycles. The van der Waals surface area contributed by atoms with E-state index in [1.807, 2.05) is 47.0 Å². The quantitative estimate of drug-likeness (QED) is 0.490. The number of esters is 1. The molecule has 0 fully saturated rings. The van der Waals surface area contributed by atoms with Crippen LogP contribution in [0.3, 0.4) is 0 Å². The minimum absolute atomic E-state index is 0.294. The van der Waals surface area contributed by atoms with Crippen molar-refractivity contribution in [3.63, 3.8) is 0 Å². The minimum Gasteiger partial charge on any atom is -0.461 e. The van der Waals surface area contributed by atoms with Crippen LogP contribution in [0.25, 0.3) is 27.4 Å². The zero-order valence-corrected chi connectivity index (χ0v) is 13.7. The second-order valence-corrected chi connectivity index (χ2v) is 5.79. The topological polar surface area (TPSA) is 30.7 Å². The van der Waals surface area contributed by atoms with E-state index in [4.69, 9.17) is 4.74 Å². The van der Waals surface area contributed by atoms with E-state index in [0.29, 0.717) is 12.3 Å². The molecule has 2 aromatic carbocycles.